The van der Waals surface area contributed by atoms with Crippen molar-refractivity contribution < 1.29 is 4.79 Å². The van der Waals surface area contributed by atoms with Gasteiger partial charge in [-0.05, 0) is 25.0 Å². The molecule has 0 aliphatic heterocycles. The van der Waals surface area contributed by atoms with Crippen LogP contribution in [0.4, 0.5) is 0 Å². The Kier molecular flexibility index (Phi) is 5.05. The molecule has 0 radical (unpaired) electrons. The number of amides is 1. The molecule has 0 bridgehead atoms. The van der Waals surface area contributed by atoms with Crippen LogP contribution in [0.15, 0.2) is 35.3 Å². The molecule has 1 aromatic carbocycles. The molecule has 122 valence electrons. The third-order valence-electron chi connectivity index (χ3n) is 4.52. The van der Waals surface area contributed by atoms with Gasteiger partial charge in [0.1, 0.15) is 6.54 Å². The lowest BCUT2D eigenvalue weighted by Crippen LogP contribution is -2.39. The zero-order valence-electron chi connectivity index (χ0n) is 13.3. The van der Waals surface area contributed by atoms with Gasteiger partial charge in [0.25, 0.3) is 5.56 Å². The standard InChI is InChI=1S/C18H23N3O2/c22-17(20-14-8-4-2-1-3-5-9-14)13-21-16-11-7-6-10-15(16)19-12-18(21)23/h6-7,10-12,14H,1-5,8-9,13H2,(H,20,22). The molecule has 1 aliphatic carbocycles. The maximum Gasteiger partial charge on any atom is 0.269 e. The number of aromatic nitrogens is 2. The number of para-hydroxylation sites is 2. The molecule has 0 atom stereocenters. The number of nitrogens with zero attached hydrogens (tertiary/aromatic N) is 2. The second-order valence-electron chi connectivity index (χ2n) is 6.28. The highest BCUT2D eigenvalue weighted by Gasteiger charge is 2.15. The second kappa shape index (κ2) is 7.40. The van der Waals surface area contributed by atoms with Crippen molar-refractivity contribution in [3.05, 3.63) is 40.8 Å². The minimum atomic E-state index is -0.239. The van der Waals surface area contributed by atoms with Crippen LogP contribution in [0.25, 0.3) is 11.0 Å². The van der Waals surface area contributed by atoms with Gasteiger partial charge in [0.05, 0.1) is 17.2 Å². The van der Waals surface area contributed by atoms with Crippen molar-refractivity contribution >= 4 is 16.9 Å². The summed E-state index contributed by atoms with van der Waals surface area (Å²) in [5.74, 6) is -0.0889. The number of hydrogen-bond donors (Lipinski definition) is 1. The van der Waals surface area contributed by atoms with E-state index in [0.29, 0.717) is 5.52 Å². The van der Waals surface area contributed by atoms with E-state index in [1.807, 2.05) is 24.3 Å². The molecule has 0 spiro atoms. The van der Waals surface area contributed by atoms with Crippen molar-refractivity contribution in [3.63, 3.8) is 0 Å². The minimum Gasteiger partial charge on any atom is -0.352 e. The van der Waals surface area contributed by atoms with Gasteiger partial charge in [0, 0.05) is 6.04 Å². The Hall–Kier alpha value is -2.17. The Morgan fingerprint density at radius 3 is 2.61 bits per heavy atom. The Bertz CT molecular complexity index is 730. The topological polar surface area (TPSA) is 64.0 Å². The van der Waals surface area contributed by atoms with Gasteiger partial charge in [0.2, 0.25) is 5.91 Å². The molecule has 5 nitrogen and oxygen atoms in total. The van der Waals surface area contributed by atoms with Crippen LogP contribution in [-0.2, 0) is 11.3 Å². The van der Waals surface area contributed by atoms with Crippen molar-refractivity contribution in [2.45, 2.75) is 57.5 Å². The molecule has 1 aliphatic rings. The molecule has 1 fully saturated rings. The van der Waals surface area contributed by atoms with Gasteiger partial charge in [-0.15, -0.1) is 0 Å². The van der Waals surface area contributed by atoms with Crippen molar-refractivity contribution in [2.24, 2.45) is 0 Å². The highest BCUT2D eigenvalue weighted by atomic mass is 16.2. The Morgan fingerprint density at radius 2 is 1.83 bits per heavy atom. The monoisotopic (exact) mass is 313 g/mol. The van der Waals surface area contributed by atoms with Crippen molar-refractivity contribution in [1.29, 1.82) is 0 Å². The Labute approximate surface area is 135 Å². The lowest BCUT2D eigenvalue weighted by molar-refractivity contribution is -0.122. The minimum absolute atomic E-state index is 0.0539. The third kappa shape index (κ3) is 3.97. The van der Waals surface area contributed by atoms with Crippen LogP contribution < -0.4 is 10.9 Å². The van der Waals surface area contributed by atoms with E-state index in [2.05, 4.69) is 10.3 Å². The molecule has 5 heteroatoms. The smallest absolute Gasteiger partial charge is 0.269 e. The molecule has 23 heavy (non-hydrogen) atoms. The van der Waals surface area contributed by atoms with Crippen LogP contribution in [0.3, 0.4) is 0 Å². The quantitative estimate of drug-likeness (QED) is 0.947. The van der Waals surface area contributed by atoms with Crippen LogP contribution in [0.2, 0.25) is 0 Å². The van der Waals surface area contributed by atoms with Crippen LogP contribution >= 0.6 is 0 Å². The summed E-state index contributed by atoms with van der Waals surface area (Å²) in [6.07, 6.45) is 9.51. The summed E-state index contributed by atoms with van der Waals surface area (Å²) >= 11 is 0. The molecule has 2 aromatic rings. The first kappa shape index (κ1) is 15.7. The van der Waals surface area contributed by atoms with Crippen LogP contribution in [0.5, 0.6) is 0 Å². The van der Waals surface area contributed by atoms with E-state index in [1.165, 1.54) is 42.9 Å². The van der Waals surface area contributed by atoms with E-state index < -0.39 is 0 Å². The first-order valence-electron chi connectivity index (χ1n) is 8.48. The molecule has 1 saturated carbocycles. The largest absolute Gasteiger partial charge is 0.352 e. The van der Waals surface area contributed by atoms with Gasteiger partial charge in [-0.3, -0.25) is 14.2 Å². The summed E-state index contributed by atoms with van der Waals surface area (Å²) in [5, 5.41) is 3.11. The predicted octanol–water partition coefficient (Wildman–Crippen LogP) is 2.63. The summed E-state index contributed by atoms with van der Waals surface area (Å²) in [5.41, 5.74) is 1.19. The molecule has 0 saturated heterocycles. The van der Waals surface area contributed by atoms with Crippen LogP contribution in [0.1, 0.15) is 44.9 Å². The highest BCUT2D eigenvalue weighted by Crippen LogP contribution is 2.17. The summed E-state index contributed by atoms with van der Waals surface area (Å²) < 4.78 is 1.50. The van der Waals surface area contributed by atoms with Crippen LogP contribution in [-0.4, -0.2) is 21.5 Å². The maximum atomic E-state index is 12.4. The van der Waals surface area contributed by atoms with Gasteiger partial charge in [-0.1, -0.05) is 44.2 Å². The van der Waals surface area contributed by atoms with Gasteiger partial charge in [0.15, 0.2) is 0 Å². The van der Waals surface area contributed by atoms with E-state index in [0.717, 1.165) is 18.4 Å². The number of hydrogen-bond acceptors (Lipinski definition) is 3. The average Bonchev–Trinajstić information content (AvgIpc) is 2.53. The maximum absolute atomic E-state index is 12.4. The zero-order chi connectivity index (χ0) is 16.1. The molecular weight excluding hydrogens is 290 g/mol. The number of fused-ring (bicyclic) bond motifs is 1. The number of carbonyl (C=O) groups excluding carboxylic acids is 1. The first-order valence-corrected chi connectivity index (χ1v) is 8.48. The number of carbonyl (C=O) groups is 1. The summed E-state index contributed by atoms with van der Waals surface area (Å²) in [7, 11) is 0. The normalized spacial score (nSPS) is 16.7. The summed E-state index contributed by atoms with van der Waals surface area (Å²) in [6.45, 7) is 0.0539. The molecule has 1 aromatic heterocycles. The van der Waals surface area contributed by atoms with Crippen LogP contribution in [0, 0.1) is 0 Å². The Morgan fingerprint density at radius 1 is 1.13 bits per heavy atom. The fraction of sp³-hybridized carbons (Fsp3) is 0.500. The Balaban J connectivity index is 1.72. The zero-order valence-corrected chi connectivity index (χ0v) is 13.3. The number of nitrogens with one attached hydrogen (secondary N) is 1. The fourth-order valence-corrected chi connectivity index (χ4v) is 3.30. The summed E-state index contributed by atoms with van der Waals surface area (Å²) in [6, 6.07) is 7.64. The molecule has 1 amide bonds. The number of benzene rings is 1. The van der Waals surface area contributed by atoms with E-state index in [1.54, 1.807) is 0 Å². The lowest BCUT2D eigenvalue weighted by Gasteiger charge is -2.21. The van der Waals surface area contributed by atoms with Crippen molar-refractivity contribution in [2.75, 3.05) is 0 Å². The van der Waals surface area contributed by atoms with E-state index in [9.17, 15) is 9.59 Å². The average molecular weight is 313 g/mol. The van der Waals surface area contributed by atoms with Gasteiger partial charge >= 0.3 is 0 Å². The molecular formula is C18H23N3O2. The van der Waals surface area contributed by atoms with E-state index >= 15 is 0 Å². The predicted molar refractivity (Wildman–Crippen MR) is 90.3 cm³/mol. The van der Waals surface area contributed by atoms with Gasteiger partial charge in [-0.2, -0.15) is 0 Å². The third-order valence-corrected chi connectivity index (χ3v) is 4.52. The molecule has 0 unspecified atom stereocenters. The fourth-order valence-electron chi connectivity index (χ4n) is 3.30. The van der Waals surface area contributed by atoms with E-state index in [4.69, 9.17) is 0 Å². The second-order valence-corrected chi connectivity index (χ2v) is 6.28. The lowest BCUT2D eigenvalue weighted by atomic mass is 9.97. The number of rotatable bonds is 3. The van der Waals surface area contributed by atoms with Crippen molar-refractivity contribution in [1.82, 2.24) is 14.9 Å². The van der Waals surface area contributed by atoms with E-state index in [-0.39, 0.29) is 24.1 Å². The SMILES string of the molecule is O=C(Cn1c(=O)cnc2ccccc21)NC1CCCCCCC1. The first-order chi connectivity index (χ1) is 11.2. The van der Waals surface area contributed by atoms with Crippen molar-refractivity contribution in [3.8, 4) is 0 Å². The molecule has 1 N–H and O–H groups in total. The molecule has 3 rings (SSSR count). The molecule has 1 heterocycles. The summed E-state index contributed by atoms with van der Waals surface area (Å²) in [4.78, 5) is 28.6. The van der Waals surface area contributed by atoms with Gasteiger partial charge in [-0.25, -0.2) is 4.98 Å². The highest BCUT2D eigenvalue weighted by molar-refractivity contribution is 5.80. The van der Waals surface area contributed by atoms with Gasteiger partial charge < -0.3 is 5.32 Å².